The maximum Gasteiger partial charge on any atom is 0.480 e. The molecule has 1 aliphatic heterocycles. The van der Waals surface area contributed by atoms with E-state index in [-0.39, 0.29) is 0 Å². The van der Waals surface area contributed by atoms with Crippen molar-refractivity contribution in [2.75, 3.05) is 0 Å². The maximum absolute atomic E-state index is 10.6. The first-order valence-corrected chi connectivity index (χ1v) is 6.79. The Labute approximate surface area is 73.8 Å². The Hall–Kier alpha value is 0.230. The third kappa shape index (κ3) is 2.59. The van der Waals surface area contributed by atoms with E-state index in [1.165, 1.54) is 0 Å². The van der Waals surface area contributed by atoms with Crippen LogP contribution in [0.5, 0.6) is 0 Å². The van der Waals surface area contributed by atoms with Gasteiger partial charge in [-0.1, -0.05) is 9.13 Å². The van der Waals surface area contributed by atoms with E-state index in [0.717, 1.165) is 0 Å². The van der Waals surface area contributed by atoms with Gasteiger partial charge in [-0.3, -0.25) is 0 Å². The average molecular weight is 248 g/mol. The zero-order valence-electron chi connectivity index (χ0n) is 5.80. The van der Waals surface area contributed by atoms with Crippen LogP contribution in [0.1, 0.15) is 0 Å². The molecule has 0 aliphatic carbocycles. The number of rotatable bonds is 2. The summed E-state index contributed by atoms with van der Waals surface area (Å²) in [6.07, 6.45) is 0. The highest BCUT2D eigenvalue weighted by Gasteiger charge is 2.58. The molecular formula is C2H3O8P3. The molecule has 1 heterocycles. The fourth-order valence-corrected chi connectivity index (χ4v) is 4.22. The van der Waals surface area contributed by atoms with Gasteiger partial charge in [0.1, 0.15) is 0 Å². The molecule has 0 saturated carbocycles. The molecule has 0 radical (unpaired) electrons. The van der Waals surface area contributed by atoms with E-state index in [0.29, 0.717) is 0 Å². The van der Waals surface area contributed by atoms with Gasteiger partial charge in [-0.05, 0) is 0 Å². The van der Waals surface area contributed by atoms with Gasteiger partial charge in [0.05, 0.1) is 0 Å². The lowest BCUT2D eigenvalue weighted by Crippen LogP contribution is -2.21. The van der Waals surface area contributed by atoms with Crippen molar-refractivity contribution in [3.05, 3.63) is 0 Å². The van der Waals surface area contributed by atoms with Crippen molar-refractivity contribution in [3.63, 3.8) is 0 Å². The van der Waals surface area contributed by atoms with Crippen LogP contribution in [-0.4, -0.2) is 16.6 Å². The van der Waals surface area contributed by atoms with Gasteiger partial charge in [-0.25, -0.2) is 13.6 Å². The minimum absolute atomic E-state index is 1.91. The number of phosphoric ester groups is 1. The first kappa shape index (κ1) is 11.3. The molecule has 13 heavy (non-hydrogen) atoms. The molecule has 0 aromatic carbocycles. The molecule has 4 atom stereocenters. The van der Waals surface area contributed by atoms with Crippen LogP contribution in [0.25, 0.3) is 0 Å². The molecule has 4 unspecified atom stereocenters. The SMILES string of the molecule is O=[P+]([O-])C1OP(=O)(O)OC1[P+](=O)[O-]. The van der Waals surface area contributed by atoms with Crippen LogP contribution >= 0.6 is 23.9 Å². The van der Waals surface area contributed by atoms with Crippen LogP contribution in [-0.2, 0) is 22.7 Å². The van der Waals surface area contributed by atoms with Crippen LogP contribution in [0, 0.1) is 0 Å². The molecule has 0 amide bonds. The smallest absolute Gasteiger partial charge is 0.480 e. The van der Waals surface area contributed by atoms with Crippen LogP contribution in [0.15, 0.2) is 0 Å². The van der Waals surface area contributed by atoms with Gasteiger partial charge in [0.2, 0.25) is 0 Å². The molecule has 0 aromatic heterocycles. The zero-order chi connectivity index (χ0) is 10.2. The van der Waals surface area contributed by atoms with E-state index in [1.54, 1.807) is 0 Å². The summed E-state index contributed by atoms with van der Waals surface area (Å²) in [5.41, 5.74) is 0. The van der Waals surface area contributed by atoms with Crippen molar-refractivity contribution in [1.82, 2.24) is 0 Å². The molecule has 1 aliphatic rings. The minimum atomic E-state index is -4.53. The van der Waals surface area contributed by atoms with Gasteiger partial charge in [0, 0.05) is 0 Å². The van der Waals surface area contributed by atoms with Crippen molar-refractivity contribution in [3.8, 4) is 0 Å². The van der Waals surface area contributed by atoms with Crippen LogP contribution in [0.3, 0.4) is 0 Å². The van der Waals surface area contributed by atoms with Crippen LogP contribution < -0.4 is 9.79 Å². The summed E-state index contributed by atoms with van der Waals surface area (Å²) in [4.78, 5) is 29.3. The second-order valence-corrected chi connectivity index (χ2v) is 5.55. The largest absolute Gasteiger partial charge is 0.593 e. The minimum Gasteiger partial charge on any atom is -0.593 e. The molecule has 1 saturated heterocycles. The van der Waals surface area contributed by atoms with Crippen LogP contribution in [0.4, 0.5) is 0 Å². The Morgan fingerprint density at radius 1 is 1.15 bits per heavy atom. The van der Waals surface area contributed by atoms with Crippen molar-refractivity contribution in [2.45, 2.75) is 11.7 Å². The molecule has 1 fully saturated rings. The molecule has 0 bridgehead atoms. The quantitative estimate of drug-likeness (QED) is 0.613. The first-order valence-electron chi connectivity index (χ1n) is 2.80. The monoisotopic (exact) mass is 248 g/mol. The number of hydrogen-bond acceptors (Lipinski definition) is 7. The lowest BCUT2D eigenvalue weighted by atomic mass is 10.8. The van der Waals surface area contributed by atoms with Gasteiger partial charge < -0.3 is 14.7 Å². The highest BCUT2D eigenvalue weighted by atomic mass is 31.2. The summed E-state index contributed by atoms with van der Waals surface area (Å²) in [5.74, 6) is -3.82. The lowest BCUT2D eigenvalue weighted by Gasteiger charge is -1.98. The summed E-state index contributed by atoms with van der Waals surface area (Å²) in [6, 6.07) is 0. The summed E-state index contributed by atoms with van der Waals surface area (Å²) in [6.45, 7) is 0. The third-order valence-corrected chi connectivity index (χ3v) is 4.28. The average Bonchev–Trinajstić information content (AvgIpc) is 2.26. The lowest BCUT2D eigenvalue weighted by molar-refractivity contribution is -0.178. The molecular weight excluding hydrogens is 245 g/mol. The predicted octanol–water partition coefficient (Wildman–Crippen LogP) is -1.01. The summed E-state index contributed by atoms with van der Waals surface area (Å²) in [5, 5.41) is 0. The van der Waals surface area contributed by atoms with E-state index < -0.39 is 35.6 Å². The first-order chi connectivity index (χ1) is 5.83. The molecule has 11 heteroatoms. The normalized spacial score (nSPS) is 41.8. The van der Waals surface area contributed by atoms with E-state index >= 15 is 0 Å². The molecule has 1 rings (SSSR count). The molecule has 0 aromatic rings. The highest BCUT2D eigenvalue weighted by Crippen LogP contribution is 2.60. The van der Waals surface area contributed by atoms with E-state index in [4.69, 9.17) is 4.89 Å². The van der Waals surface area contributed by atoms with Gasteiger partial charge in [-0.15, -0.1) is 0 Å². The standard InChI is InChI=1S/C2H3O8P3/c3-11(4)1-2(12(5)6)10-13(7,8)9-1/h1-2H,(H,7,8). The van der Waals surface area contributed by atoms with Crippen molar-refractivity contribution >= 4 is 23.9 Å². The molecule has 8 nitrogen and oxygen atoms in total. The maximum atomic E-state index is 10.6. The zero-order valence-corrected chi connectivity index (χ0v) is 8.48. The Kier molecular flexibility index (Phi) is 3.28. The molecule has 0 spiro atoms. The summed E-state index contributed by atoms with van der Waals surface area (Å²) >= 11 is 0. The van der Waals surface area contributed by atoms with E-state index in [1.807, 2.05) is 0 Å². The van der Waals surface area contributed by atoms with E-state index in [9.17, 15) is 23.5 Å². The Bertz CT molecular complexity index is 272. The highest BCUT2D eigenvalue weighted by molar-refractivity contribution is 7.51. The van der Waals surface area contributed by atoms with Crippen molar-refractivity contribution < 1.29 is 37.4 Å². The number of phosphoric acid groups is 1. The van der Waals surface area contributed by atoms with Gasteiger partial charge in [0.15, 0.2) is 0 Å². The molecule has 74 valence electrons. The Balaban J connectivity index is 2.90. The number of hydrogen-bond donors (Lipinski definition) is 1. The second-order valence-electron chi connectivity index (χ2n) is 2.03. The van der Waals surface area contributed by atoms with Gasteiger partial charge >= 0.3 is 35.6 Å². The second kappa shape index (κ2) is 3.77. The Morgan fingerprint density at radius 3 is 1.69 bits per heavy atom. The van der Waals surface area contributed by atoms with Gasteiger partial charge in [0.25, 0.3) is 0 Å². The predicted molar refractivity (Wildman–Crippen MR) is 34.8 cm³/mol. The van der Waals surface area contributed by atoms with Crippen molar-refractivity contribution in [2.24, 2.45) is 0 Å². The summed E-state index contributed by atoms with van der Waals surface area (Å²) < 4.78 is 39.3. The fourth-order valence-electron chi connectivity index (χ4n) is 0.687. The van der Waals surface area contributed by atoms with Crippen molar-refractivity contribution in [1.29, 1.82) is 0 Å². The Morgan fingerprint density at radius 2 is 1.46 bits per heavy atom. The fraction of sp³-hybridized carbons (Fsp3) is 1.00. The topological polar surface area (TPSA) is 136 Å². The van der Waals surface area contributed by atoms with Gasteiger partial charge in [-0.2, -0.15) is 0 Å². The third-order valence-electron chi connectivity index (χ3n) is 1.14. The van der Waals surface area contributed by atoms with Crippen LogP contribution in [0.2, 0.25) is 0 Å². The molecule has 1 N–H and O–H groups in total. The summed E-state index contributed by atoms with van der Waals surface area (Å²) in [7, 11) is -11.1. The van der Waals surface area contributed by atoms with E-state index in [2.05, 4.69) is 9.05 Å².